The predicted molar refractivity (Wildman–Crippen MR) is 160 cm³/mol. The molecule has 0 radical (unpaired) electrons. The molecule has 3 aromatic rings. The summed E-state index contributed by atoms with van der Waals surface area (Å²) in [6, 6.07) is 15.0. The van der Waals surface area contributed by atoms with Crippen LogP contribution in [0.1, 0.15) is 16.7 Å². The maximum absolute atomic E-state index is 12.9. The molecular weight excluding hydrogens is 783 g/mol. The molecule has 6 nitrogen and oxygen atoms in total. The van der Waals surface area contributed by atoms with Crippen LogP contribution in [0, 0.1) is 7.14 Å². The van der Waals surface area contributed by atoms with Gasteiger partial charge in [0.1, 0.15) is 18.9 Å². The van der Waals surface area contributed by atoms with Crippen molar-refractivity contribution >= 4 is 97.4 Å². The van der Waals surface area contributed by atoms with Gasteiger partial charge in [0.15, 0.2) is 0 Å². The molecule has 1 aliphatic heterocycles. The molecule has 3 amide bonds. The fraction of sp³-hybridized carbons (Fsp3) is 0.115. The van der Waals surface area contributed by atoms with Crippen LogP contribution in [0.25, 0.3) is 6.08 Å². The number of nitrogens with zero attached hydrogens (tertiary/aromatic N) is 1. The van der Waals surface area contributed by atoms with E-state index in [1.54, 1.807) is 30.3 Å². The van der Waals surface area contributed by atoms with Crippen LogP contribution in [0.2, 0.25) is 5.02 Å². The third-order valence-corrected chi connectivity index (χ3v) is 8.03. The number of anilines is 1. The number of carbonyl (C=O) groups excluding carboxylic acids is 3. The molecule has 202 valence electrons. The van der Waals surface area contributed by atoms with E-state index in [-0.39, 0.29) is 10.6 Å². The van der Waals surface area contributed by atoms with Crippen LogP contribution < -0.4 is 10.1 Å². The third kappa shape index (κ3) is 7.67. The summed E-state index contributed by atoms with van der Waals surface area (Å²) in [7, 11) is 0. The first-order valence-electron chi connectivity index (χ1n) is 11.0. The molecular formula is C26H16ClF3I2N2O4S. The monoisotopic (exact) mass is 798 g/mol. The Labute approximate surface area is 257 Å². The lowest BCUT2D eigenvalue weighted by molar-refractivity contribution is -0.137. The molecule has 13 heteroatoms. The van der Waals surface area contributed by atoms with E-state index in [9.17, 15) is 27.6 Å². The van der Waals surface area contributed by atoms with Gasteiger partial charge in [0.25, 0.3) is 11.1 Å². The molecule has 0 atom stereocenters. The first-order valence-corrected chi connectivity index (χ1v) is 14.3. The molecule has 39 heavy (non-hydrogen) atoms. The number of carbonyl (C=O) groups is 3. The molecule has 3 aromatic carbocycles. The number of ether oxygens (including phenoxy) is 1. The molecule has 1 N–H and O–H groups in total. The Morgan fingerprint density at radius 2 is 1.72 bits per heavy atom. The van der Waals surface area contributed by atoms with Gasteiger partial charge in [0.2, 0.25) is 5.91 Å². The number of imide groups is 1. The van der Waals surface area contributed by atoms with Gasteiger partial charge in [-0.3, -0.25) is 19.3 Å². The smallest absolute Gasteiger partial charge is 0.416 e. The first-order chi connectivity index (χ1) is 18.4. The summed E-state index contributed by atoms with van der Waals surface area (Å²) >= 11 is 10.8. The minimum absolute atomic E-state index is 0.0974. The van der Waals surface area contributed by atoms with Crippen LogP contribution in [0.15, 0.2) is 65.6 Å². The summed E-state index contributed by atoms with van der Waals surface area (Å²) in [5.41, 5.74) is 0.572. The van der Waals surface area contributed by atoms with E-state index in [4.69, 9.17) is 16.3 Å². The van der Waals surface area contributed by atoms with Crippen LogP contribution in [-0.4, -0.2) is 28.5 Å². The minimum Gasteiger partial charge on any atom is -0.487 e. The fourth-order valence-corrected chi connectivity index (χ4v) is 6.53. The highest BCUT2D eigenvalue weighted by Gasteiger charge is 2.36. The highest BCUT2D eigenvalue weighted by molar-refractivity contribution is 14.1. The molecule has 1 fully saturated rings. The van der Waals surface area contributed by atoms with Gasteiger partial charge in [-0.1, -0.05) is 29.8 Å². The largest absolute Gasteiger partial charge is 0.487 e. The number of hydrogen-bond donors (Lipinski definition) is 1. The average Bonchev–Trinajstić information content (AvgIpc) is 3.11. The quantitative estimate of drug-likeness (QED) is 0.195. The number of thioether (sulfide) groups is 1. The molecule has 0 bridgehead atoms. The standard InChI is InChI=1S/C26H16ClF3I2N2O4S/c27-17-6-4-14(5-7-17)13-38-23-19(31)8-15(9-20(23)32)10-21-24(36)34(25(37)39-21)12-22(35)33-18-3-1-2-16(11-18)26(28,29)30/h1-11H,12-13H2,(H,33,35)/b21-10-. The summed E-state index contributed by atoms with van der Waals surface area (Å²) in [6.07, 6.45) is -3.03. The SMILES string of the molecule is O=C(CN1C(=O)S/C(=C\c2cc(I)c(OCc3ccc(Cl)cc3)c(I)c2)C1=O)Nc1cccc(C(F)(F)F)c1. The van der Waals surface area contributed by atoms with Gasteiger partial charge < -0.3 is 10.1 Å². The number of nitrogens with one attached hydrogen (secondary N) is 1. The Kier molecular flexibility index (Phi) is 9.49. The van der Waals surface area contributed by atoms with Crippen molar-refractivity contribution < 1.29 is 32.3 Å². The molecule has 4 rings (SSSR count). The Hall–Kier alpha value is -2.30. The van der Waals surface area contributed by atoms with Gasteiger partial charge in [0.05, 0.1) is 17.6 Å². The second-order valence-electron chi connectivity index (χ2n) is 8.12. The number of alkyl halides is 3. The van der Waals surface area contributed by atoms with Crippen LogP contribution in [0.3, 0.4) is 0 Å². The van der Waals surface area contributed by atoms with E-state index >= 15 is 0 Å². The lowest BCUT2D eigenvalue weighted by Crippen LogP contribution is -2.36. The second-order valence-corrected chi connectivity index (χ2v) is 11.9. The van der Waals surface area contributed by atoms with E-state index in [1.165, 1.54) is 6.07 Å². The zero-order valence-corrected chi connectivity index (χ0v) is 25.4. The normalized spacial score (nSPS) is 14.7. The van der Waals surface area contributed by atoms with Gasteiger partial charge in [-0.15, -0.1) is 0 Å². The summed E-state index contributed by atoms with van der Waals surface area (Å²) in [6.45, 7) is -0.297. The van der Waals surface area contributed by atoms with Gasteiger partial charge >= 0.3 is 6.18 Å². The molecule has 0 unspecified atom stereocenters. The molecule has 1 aliphatic rings. The summed E-state index contributed by atoms with van der Waals surface area (Å²) in [4.78, 5) is 38.6. The van der Waals surface area contributed by atoms with Crippen molar-refractivity contribution in [3.63, 3.8) is 0 Å². The number of amides is 3. The van der Waals surface area contributed by atoms with Crippen LogP contribution in [0.4, 0.5) is 23.7 Å². The van der Waals surface area contributed by atoms with Gasteiger partial charge in [-0.05, 0) is 117 Å². The first kappa shape index (κ1) is 29.7. The summed E-state index contributed by atoms with van der Waals surface area (Å²) < 4.78 is 46.3. The Morgan fingerprint density at radius 1 is 1.05 bits per heavy atom. The Morgan fingerprint density at radius 3 is 2.36 bits per heavy atom. The van der Waals surface area contributed by atoms with E-state index in [0.717, 1.165) is 35.8 Å². The van der Waals surface area contributed by atoms with Crippen LogP contribution >= 0.6 is 68.5 Å². The van der Waals surface area contributed by atoms with Gasteiger partial charge in [-0.2, -0.15) is 13.2 Å². The maximum Gasteiger partial charge on any atom is 0.416 e. The second kappa shape index (κ2) is 12.5. The lowest BCUT2D eigenvalue weighted by atomic mass is 10.2. The molecule has 0 saturated carbocycles. The Balaban J connectivity index is 1.42. The van der Waals surface area contributed by atoms with Crippen molar-refractivity contribution in [3.8, 4) is 5.75 Å². The Bertz CT molecular complexity index is 1460. The molecule has 1 saturated heterocycles. The van der Waals surface area contributed by atoms with Crippen molar-refractivity contribution in [2.45, 2.75) is 12.8 Å². The number of halogens is 6. The summed E-state index contributed by atoms with van der Waals surface area (Å²) in [5.74, 6) is -0.802. The highest BCUT2D eigenvalue weighted by Crippen LogP contribution is 2.35. The number of benzene rings is 3. The zero-order chi connectivity index (χ0) is 28.3. The summed E-state index contributed by atoms with van der Waals surface area (Å²) in [5, 5.41) is 2.28. The van der Waals surface area contributed by atoms with Gasteiger partial charge in [0, 0.05) is 10.7 Å². The van der Waals surface area contributed by atoms with Crippen molar-refractivity contribution in [1.29, 1.82) is 0 Å². The zero-order valence-electron chi connectivity index (χ0n) is 19.5. The maximum atomic E-state index is 12.9. The van der Waals surface area contributed by atoms with E-state index in [2.05, 4.69) is 50.5 Å². The van der Waals surface area contributed by atoms with E-state index < -0.39 is 35.3 Å². The lowest BCUT2D eigenvalue weighted by Gasteiger charge is -2.13. The van der Waals surface area contributed by atoms with Crippen LogP contribution in [-0.2, 0) is 22.4 Å². The minimum atomic E-state index is -4.57. The van der Waals surface area contributed by atoms with E-state index in [1.807, 2.05) is 12.1 Å². The van der Waals surface area contributed by atoms with Crippen molar-refractivity contribution in [2.75, 3.05) is 11.9 Å². The van der Waals surface area contributed by atoms with Crippen molar-refractivity contribution in [3.05, 3.63) is 94.4 Å². The molecule has 0 aromatic heterocycles. The van der Waals surface area contributed by atoms with Crippen molar-refractivity contribution in [1.82, 2.24) is 4.90 Å². The number of rotatable bonds is 7. The topological polar surface area (TPSA) is 75.7 Å². The molecule has 0 aliphatic carbocycles. The van der Waals surface area contributed by atoms with Gasteiger partial charge in [-0.25, -0.2) is 0 Å². The fourth-order valence-electron chi connectivity index (χ4n) is 3.44. The van der Waals surface area contributed by atoms with Crippen LogP contribution in [0.5, 0.6) is 5.75 Å². The van der Waals surface area contributed by atoms with Crippen molar-refractivity contribution in [2.24, 2.45) is 0 Å². The number of hydrogen-bond acceptors (Lipinski definition) is 5. The average molecular weight is 799 g/mol. The van der Waals surface area contributed by atoms with E-state index in [0.29, 0.717) is 34.7 Å². The predicted octanol–water partition coefficient (Wildman–Crippen LogP) is 7.82. The third-order valence-electron chi connectivity index (χ3n) is 5.26. The molecule has 0 spiro atoms. The highest BCUT2D eigenvalue weighted by atomic mass is 127. The molecule has 1 heterocycles.